The lowest BCUT2D eigenvalue weighted by Gasteiger charge is -2.10. The van der Waals surface area contributed by atoms with Gasteiger partial charge in [-0.05, 0) is 36.8 Å². The van der Waals surface area contributed by atoms with Crippen LogP contribution in [0.5, 0.6) is 11.5 Å². The summed E-state index contributed by atoms with van der Waals surface area (Å²) in [5.41, 5.74) is 2.38. The Labute approximate surface area is 160 Å². The van der Waals surface area contributed by atoms with Gasteiger partial charge in [0.2, 0.25) is 0 Å². The SMILES string of the molecule is COCOc1ccc(/C=C/c2nc3cc(C)c([N+](=O)[O-])cc3s2)cc1OC. The molecule has 0 aliphatic rings. The second kappa shape index (κ2) is 8.15. The Balaban J connectivity index is 1.86. The minimum absolute atomic E-state index is 0.109. The van der Waals surface area contributed by atoms with E-state index in [1.54, 1.807) is 33.3 Å². The molecule has 3 aromatic rings. The van der Waals surface area contributed by atoms with Crippen molar-refractivity contribution in [3.05, 3.63) is 56.6 Å². The summed E-state index contributed by atoms with van der Waals surface area (Å²) >= 11 is 1.41. The van der Waals surface area contributed by atoms with Crippen LogP contribution in [0.3, 0.4) is 0 Å². The van der Waals surface area contributed by atoms with Crippen molar-refractivity contribution in [3.8, 4) is 11.5 Å². The Bertz CT molecular complexity index is 1010. The van der Waals surface area contributed by atoms with Gasteiger partial charge in [0.25, 0.3) is 5.69 Å². The summed E-state index contributed by atoms with van der Waals surface area (Å²) in [6.07, 6.45) is 3.78. The molecule has 0 unspecified atom stereocenters. The minimum Gasteiger partial charge on any atom is -0.493 e. The van der Waals surface area contributed by atoms with Gasteiger partial charge in [0.1, 0.15) is 5.01 Å². The molecule has 0 aliphatic heterocycles. The van der Waals surface area contributed by atoms with Gasteiger partial charge in [-0.25, -0.2) is 4.98 Å². The quantitative estimate of drug-likeness (QED) is 0.333. The number of benzene rings is 2. The molecule has 0 spiro atoms. The molecule has 0 saturated heterocycles. The third-order valence-electron chi connectivity index (χ3n) is 3.86. The van der Waals surface area contributed by atoms with E-state index in [4.69, 9.17) is 14.2 Å². The normalized spacial score (nSPS) is 11.2. The molecule has 1 aromatic heterocycles. The number of aryl methyl sites for hydroxylation is 1. The molecule has 8 heteroatoms. The van der Waals surface area contributed by atoms with Gasteiger partial charge in [0, 0.05) is 18.7 Å². The molecule has 0 aliphatic carbocycles. The topological polar surface area (TPSA) is 83.7 Å². The average Bonchev–Trinajstić information content (AvgIpc) is 3.05. The van der Waals surface area contributed by atoms with Crippen LogP contribution >= 0.6 is 11.3 Å². The van der Waals surface area contributed by atoms with Crippen LogP contribution in [0.15, 0.2) is 30.3 Å². The molecule has 0 atom stereocenters. The molecule has 0 radical (unpaired) electrons. The predicted molar refractivity (Wildman–Crippen MR) is 105 cm³/mol. The fraction of sp³-hybridized carbons (Fsp3) is 0.211. The third kappa shape index (κ3) is 4.24. The third-order valence-corrected chi connectivity index (χ3v) is 4.84. The standard InChI is InChI=1S/C19H18N2O5S/c1-12-8-14-18(10-15(12)21(22)23)27-19(20-14)7-5-13-4-6-16(26-11-24-2)17(9-13)25-3/h4-10H,11H2,1-3H3/b7-5+. The number of nitrogens with zero attached hydrogens (tertiary/aromatic N) is 2. The van der Waals surface area contributed by atoms with E-state index in [1.165, 1.54) is 11.3 Å². The second-order valence-electron chi connectivity index (χ2n) is 5.71. The summed E-state index contributed by atoms with van der Waals surface area (Å²) in [5.74, 6) is 1.20. The summed E-state index contributed by atoms with van der Waals surface area (Å²) < 4.78 is 16.5. The van der Waals surface area contributed by atoms with Gasteiger partial charge in [-0.2, -0.15) is 0 Å². The van der Waals surface area contributed by atoms with E-state index in [9.17, 15) is 10.1 Å². The van der Waals surface area contributed by atoms with Gasteiger partial charge in [0.15, 0.2) is 18.3 Å². The Hall–Kier alpha value is -2.97. The highest BCUT2D eigenvalue weighted by Crippen LogP contribution is 2.31. The van der Waals surface area contributed by atoms with E-state index < -0.39 is 0 Å². The number of hydrogen-bond donors (Lipinski definition) is 0. The minimum atomic E-state index is -0.372. The number of methoxy groups -OCH3 is 2. The summed E-state index contributed by atoms with van der Waals surface area (Å²) in [5, 5.41) is 11.8. The van der Waals surface area contributed by atoms with Crippen LogP contribution in [0.25, 0.3) is 22.4 Å². The maximum absolute atomic E-state index is 11.1. The number of aromatic nitrogens is 1. The van der Waals surface area contributed by atoms with Crippen LogP contribution in [0, 0.1) is 17.0 Å². The monoisotopic (exact) mass is 386 g/mol. The first kappa shape index (κ1) is 18.8. The van der Waals surface area contributed by atoms with E-state index in [1.807, 2.05) is 30.4 Å². The molecule has 0 amide bonds. The van der Waals surface area contributed by atoms with E-state index in [0.717, 1.165) is 20.8 Å². The molecular formula is C19H18N2O5S. The van der Waals surface area contributed by atoms with Crippen molar-refractivity contribution in [3.63, 3.8) is 0 Å². The molecule has 0 N–H and O–H groups in total. The molecule has 140 valence electrons. The van der Waals surface area contributed by atoms with E-state index in [2.05, 4.69) is 4.98 Å². The van der Waals surface area contributed by atoms with Crippen molar-refractivity contribution in [2.45, 2.75) is 6.92 Å². The van der Waals surface area contributed by atoms with E-state index in [0.29, 0.717) is 17.1 Å². The van der Waals surface area contributed by atoms with Gasteiger partial charge in [-0.3, -0.25) is 10.1 Å². The Morgan fingerprint density at radius 1 is 1.19 bits per heavy atom. The first-order valence-corrected chi connectivity index (χ1v) is 8.87. The summed E-state index contributed by atoms with van der Waals surface area (Å²) in [6.45, 7) is 1.86. The number of hydrogen-bond acceptors (Lipinski definition) is 7. The molecule has 2 aromatic carbocycles. The lowest BCUT2D eigenvalue weighted by atomic mass is 10.2. The van der Waals surface area contributed by atoms with Crippen molar-refractivity contribution in [1.82, 2.24) is 4.98 Å². The van der Waals surface area contributed by atoms with Crippen LogP contribution in [0.1, 0.15) is 16.1 Å². The van der Waals surface area contributed by atoms with Crippen LogP contribution < -0.4 is 9.47 Å². The zero-order valence-corrected chi connectivity index (χ0v) is 15.9. The molecule has 0 fully saturated rings. The van der Waals surface area contributed by atoms with Gasteiger partial charge in [-0.15, -0.1) is 11.3 Å². The smallest absolute Gasteiger partial charge is 0.273 e. The fourth-order valence-electron chi connectivity index (χ4n) is 2.55. The van der Waals surface area contributed by atoms with Crippen molar-refractivity contribution >= 4 is 39.4 Å². The van der Waals surface area contributed by atoms with E-state index >= 15 is 0 Å². The highest BCUT2D eigenvalue weighted by atomic mass is 32.1. The maximum atomic E-state index is 11.1. The first-order valence-electron chi connectivity index (χ1n) is 8.05. The largest absolute Gasteiger partial charge is 0.493 e. The maximum Gasteiger partial charge on any atom is 0.273 e. The molecular weight excluding hydrogens is 368 g/mol. The fourth-order valence-corrected chi connectivity index (χ4v) is 3.44. The van der Waals surface area contributed by atoms with Crippen molar-refractivity contribution in [2.75, 3.05) is 21.0 Å². The highest BCUT2D eigenvalue weighted by Gasteiger charge is 2.14. The lowest BCUT2D eigenvalue weighted by molar-refractivity contribution is -0.385. The Morgan fingerprint density at radius 2 is 2.00 bits per heavy atom. The lowest BCUT2D eigenvalue weighted by Crippen LogP contribution is -2.00. The van der Waals surface area contributed by atoms with Crippen molar-refractivity contribution in [1.29, 1.82) is 0 Å². The molecule has 0 saturated carbocycles. The average molecular weight is 386 g/mol. The van der Waals surface area contributed by atoms with Gasteiger partial charge < -0.3 is 14.2 Å². The number of nitro benzene ring substituents is 1. The number of ether oxygens (including phenoxy) is 3. The Morgan fingerprint density at radius 3 is 2.70 bits per heavy atom. The molecule has 7 nitrogen and oxygen atoms in total. The number of nitro groups is 1. The van der Waals surface area contributed by atoms with Gasteiger partial charge in [0.05, 0.1) is 22.2 Å². The van der Waals surface area contributed by atoms with Crippen LogP contribution in [-0.4, -0.2) is 30.9 Å². The number of thiazole rings is 1. The van der Waals surface area contributed by atoms with Gasteiger partial charge >= 0.3 is 0 Å². The zero-order chi connectivity index (χ0) is 19.4. The zero-order valence-electron chi connectivity index (χ0n) is 15.1. The Kier molecular flexibility index (Phi) is 5.68. The van der Waals surface area contributed by atoms with Crippen LogP contribution in [-0.2, 0) is 4.74 Å². The summed E-state index contributed by atoms with van der Waals surface area (Å²) in [6, 6.07) is 8.87. The predicted octanol–water partition coefficient (Wildman–Crippen LogP) is 4.67. The van der Waals surface area contributed by atoms with Crippen LogP contribution in [0.2, 0.25) is 0 Å². The van der Waals surface area contributed by atoms with Crippen LogP contribution in [0.4, 0.5) is 5.69 Å². The number of fused-ring (bicyclic) bond motifs is 1. The second-order valence-corrected chi connectivity index (χ2v) is 6.77. The van der Waals surface area contributed by atoms with Crippen molar-refractivity contribution < 1.29 is 19.1 Å². The van der Waals surface area contributed by atoms with Gasteiger partial charge in [-0.1, -0.05) is 12.1 Å². The van der Waals surface area contributed by atoms with Crippen molar-refractivity contribution in [2.24, 2.45) is 0 Å². The molecule has 0 bridgehead atoms. The highest BCUT2D eigenvalue weighted by molar-refractivity contribution is 7.19. The molecule has 1 heterocycles. The molecule has 3 rings (SSSR count). The first-order chi connectivity index (χ1) is 13.0. The summed E-state index contributed by atoms with van der Waals surface area (Å²) in [4.78, 5) is 15.2. The molecule has 27 heavy (non-hydrogen) atoms. The van der Waals surface area contributed by atoms with E-state index in [-0.39, 0.29) is 17.4 Å². The number of rotatable bonds is 7. The summed E-state index contributed by atoms with van der Waals surface area (Å²) in [7, 11) is 3.13.